The number of rotatable bonds is 5. The zero-order chi connectivity index (χ0) is 14.5. The molecule has 0 aliphatic carbocycles. The van der Waals surface area contributed by atoms with Gasteiger partial charge >= 0.3 is 5.97 Å². The summed E-state index contributed by atoms with van der Waals surface area (Å²) in [4.78, 5) is 10.6. The quantitative estimate of drug-likeness (QED) is 0.904. The van der Waals surface area contributed by atoms with E-state index >= 15 is 0 Å². The summed E-state index contributed by atoms with van der Waals surface area (Å²) in [5.74, 6) is -0.0732. The Morgan fingerprint density at radius 1 is 1.05 bits per heavy atom. The number of aryl methyl sites for hydroxylation is 2. The lowest BCUT2D eigenvalue weighted by atomic mass is 10.0. The van der Waals surface area contributed by atoms with Crippen molar-refractivity contribution in [2.45, 2.75) is 26.9 Å². The van der Waals surface area contributed by atoms with E-state index in [1.165, 1.54) is 16.7 Å². The number of aliphatic carboxylic acids is 1. The molecule has 0 aromatic heterocycles. The number of carbonyl (C=O) groups is 1. The van der Waals surface area contributed by atoms with Crippen molar-refractivity contribution in [3.8, 4) is 5.75 Å². The summed E-state index contributed by atoms with van der Waals surface area (Å²) in [5, 5.41) is 8.72. The predicted molar refractivity (Wildman–Crippen MR) is 78.0 cm³/mol. The van der Waals surface area contributed by atoms with Gasteiger partial charge in [0.15, 0.2) is 0 Å². The van der Waals surface area contributed by atoms with E-state index in [2.05, 4.69) is 26.0 Å². The zero-order valence-electron chi connectivity index (χ0n) is 11.7. The van der Waals surface area contributed by atoms with Crippen molar-refractivity contribution in [3.63, 3.8) is 0 Å². The van der Waals surface area contributed by atoms with Crippen LogP contribution in [0.2, 0.25) is 0 Å². The standard InChI is InChI=1S/C17H18O3/c1-12-4-3-5-13(2)16(12)11-20-15-8-6-14(7-9-15)10-17(18)19/h3-9H,10-11H2,1-2H3,(H,18,19). The normalized spacial score (nSPS) is 10.3. The SMILES string of the molecule is Cc1cccc(C)c1COc1ccc(CC(=O)O)cc1. The molecule has 0 unspecified atom stereocenters. The lowest BCUT2D eigenvalue weighted by molar-refractivity contribution is -0.136. The monoisotopic (exact) mass is 270 g/mol. The number of carboxylic acids is 1. The lowest BCUT2D eigenvalue weighted by Gasteiger charge is -2.11. The maximum Gasteiger partial charge on any atom is 0.307 e. The molecule has 0 atom stereocenters. The van der Waals surface area contributed by atoms with Gasteiger partial charge in [0.1, 0.15) is 12.4 Å². The molecule has 0 fully saturated rings. The highest BCUT2D eigenvalue weighted by molar-refractivity contribution is 5.70. The van der Waals surface area contributed by atoms with E-state index in [4.69, 9.17) is 9.84 Å². The summed E-state index contributed by atoms with van der Waals surface area (Å²) < 4.78 is 5.77. The van der Waals surface area contributed by atoms with Crippen LogP contribution >= 0.6 is 0 Å². The first-order valence-electron chi connectivity index (χ1n) is 6.55. The Bertz CT molecular complexity index is 580. The van der Waals surface area contributed by atoms with Gasteiger partial charge in [-0.05, 0) is 48.2 Å². The highest BCUT2D eigenvalue weighted by Crippen LogP contribution is 2.18. The van der Waals surface area contributed by atoms with Crippen LogP contribution in [0.15, 0.2) is 42.5 Å². The maximum atomic E-state index is 10.6. The molecule has 0 aliphatic heterocycles. The molecule has 0 bridgehead atoms. The average molecular weight is 270 g/mol. The fourth-order valence-electron chi connectivity index (χ4n) is 2.11. The largest absolute Gasteiger partial charge is 0.489 e. The number of carboxylic acid groups (broad SMARTS) is 1. The molecule has 0 heterocycles. The summed E-state index contributed by atoms with van der Waals surface area (Å²) in [6, 6.07) is 13.4. The fraction of sp³-hybridized carbons (Fsp3) is 0.235. The molecule has 1 N–H and O–H groups in total. The van der Waals surface area contributed by atoms with Crippen LogP contribution in [0.25, 0.3) is 0 Å². The van der Waals surface area contributed by atoms with E-state index in [0.717, 1.165) is 11.3 Å². The molecule has 3 heteroatoms. The number of benzene rings is 2. The molecule has 2 aromatic rings. The first-order chi connectivity index (χ1) is 9.56. The summed E-state index contributed by atoms with van der Waals surface area (Å²) in [7, 11) is 0. The van der Waals surface area contributed by atoms with Gasteiger partial charge in [0.25, 0.3) is 0 Å². The highest BCUT2D eigenvalue weighted by Gasteiger charge is 2.04. The van der Waals surface area contributed by atoms with Crippen LogP contribution in [0.3, 0.4) is 0 Å². The minimum atomic E-state index is -0.825. The van der Waals surface area contributed by atoms with Crippen LogP contribution in [0.1, 0.15) is 22.3 Å². The second-order valence-electron chi connectivity index (χ2n) is 4.87. The van der Waals surface area contributed by atoms with Crippen molar-refractivity contribution < 1.29 is 14.6 Å². The first kappa shape index (κ1) is 14.1. The van der Waals surface area contributed by atoms with Gasteiger partial charge in [-0.15, -0.1) is 0 Å². The molecule has 0 radical (unpaired) electrons. The molecule has 2 rings (SSSR count). The maximum absolute atomic E-state index is 10.6. The Kier molecular flexibility index (Phi) is 4.41. The third kappa shape index (κ3) is 3.60. The predicted octanol–water partition coefficient (Wildman–Crippen LogP) is 3.51. The van der Waals surface area contributed by atoms with Crippen molar-refractivity contribution >= 4 is 5.97 Å². The van der Waals surface area contributed by atoms with Gasteiger partial charge in [0.05, 0.1) is 6.42 Å². The Labute approximate surface area is 118 Å². The van der Waals surface area contributed by atoms with Gasteiger partial charge < -0.3 is 9.84 Å². The fourth-order valence-corrected chi connectivity index (χ4v) is 2.11. The summed E-state index contributed by atoms with van der Waals surface area (Å²) in [5.41, 5.74) is 4.40. The Balaban J connectivity index is 2.02. The Hall–Kier alpha value is -2.29. The molecular weight excluding hydrogens is 252 g/mol. The smallest absolute Gasteiger partial charge is 0.307 e. The van der Waals surface area contributed by atoms with E-state index < -0.39 is 5.97 Å². The van der Waals surface area contributed by atoms with Crippen molar-refractivity contribution in [2.75, 3.05) is 0 Å². The zero-order valence-corrected chi connectivity index (χ0v) is 11.7. The topological polar surface area (TPSA) is 46.5 Å². The first-order valence-corrected chi connectivity index (χ1v) is 6.55. The van der Waals surface area contributed by atoms with Crippen LogP contribution in [-0.4, -0.2) is 11.1 Å². The van der Waals surface area contributed by atoms with Crippen molar-refractivity contribution in [1.29, 1.82) is 0 Å². The molecule has 0 aliphatic rings. The third-order valence-corrected chi connectivity index (χ3v) is 3.31. The second-order valence-corrected chi connectivity index (χ2v) is 4.87. The molecule has 0 saturated heterocycles. The van der Waals surface area contributed by atoms with Crippen molar-refractivity contribution in [3.05, 3.63) is 64.7 Å². The van der Waals surface area contributed by atoms with Gasteiger partial charge in [0.2, 0.25) is 0 Å². The van der Waals surface area contributed by atoms with Gasteiger partial charge in [-0.1, -0.05) is 30.3 Å². The minimum Gasteiger partial charge on any atom is -0.489 e. The second kappa shape index (κ2) is 6.24. The van der Waals surface area contributed by atoms with Crippen LogP contribution in [0, 0.1) is 13.8 Å². The Morgan fingerprint density at radius 3 is 2.20 bits per heavy atom. The molecule has 0 amide bonds. The van der Waals surface area contributed by atoms with Crippen LogP contribution in [0.5, 0.6) is 5.75 Å². The third-order valence-electron chi connectivity index (χ3n) is 3.31. The van der Waals surface area contributed by atoms with Gasteiger partial charge in [-0.25, -0.2) is 0 Å². The van der Waals surface area contributed by atoms with Gasteiger partial charge in [-0.3, -0.25) is 4.79 Å². The molecular formula is C17H18O3. The molecule has 104 valence electrons. The van der Waals surface area contributed by atoms with E-state index in [9.17, 15) is 4.79 Å². The van der Waals surface area contributed by atoms with Gasteiger partial charge in [0, 0.05) is 0 Å². The Morgan fingerprint density at radius 2 is 1.65 bits per heavy atom. The molecule has 0 spiro atoms. The summed E-state index contributed by atoms with van der Waals surface area (Å²) in [6.45, 7) is 4.67. The minimum absolute atomic E-state index is 0.0389. The number of hydrogen-bond acceptors (Lipinski definition) is 2. The van der Waals surface area contributed by atoms with E-state index in [-0.39, 0.29) is 6.42 Å². The average Bonchev–Trinajstić information content (AvgIpc) is 2.39. The van der Waals surface area contributed by atoms with Crippen LogP contribution < -0.4 is 4.74 Å². The van der Waals surface area contributed by atoms with Crippen LogP contribution in [-0.2, 0) is 17.8 Å². The molecule has 2 aromatic carbocycles. The highest BCUT2D eigenvalue weighted by atomic mass is 16.5. The van der Waals surface area contributed by atoms with E-state index in [1.54, 1.807) is 12.1 Å². The lowest BCUT2D eigenvalue weighted by Crippen LogP contribution is -2.02. The molecule has 20 heavy (non-hydrogen) atoms. The molecule has 0 saturated carbocycles. The van der Waals surface area contributed by atoms with Gasteiger partial charge in [-0.2, -0.15) is 0 Å². The van der Waals surface area contributed by atoms with Crippen LogP contribution in [0.4, 0.5) is 0 Å². The summed E-state index contributed by atoms with van der Waals surface area (Å²) >= 11 is 0. The summed E-state index contributed by atoms with van der Waals surface area (Å²) in [6.07, 6.45) is 0.0389. The van der Waals surface area contributed by atoms with Crippen molar-refractivity contribution in [2.24, 2.45) is 0 Å². The number of hydrogen-bond donors (Lipinski definition) is 1. The van der Waals surface area contributed by atoms with E-state index in [1.807, 2.05) is 18.2 Å². The molecule has 3 nitrogen and oxygen atoms in total. The van der Waals surface area contributed by atoms with Crippen molar-refractivity contribution in [1.82, 2.24) is 0 Å². The number of ether oxygens (including phenoxy) is 1. The van der Waals surface area contributed by atoms with E-state index in [0.29, 0.717) is 6.61 Å².